The van der Waals surface area contributed by atoms with E-state index in [1.807, 2.05) is 0 Å². The molecule has 0 N–H and O–H groups in total. The van der Waals surface area contributed by atoms with Gasteiger partial charge in [0.05, 0.1) is 5.54 Å². The quantitative estimate of drug-likeness (QED) is 0.621. The number of aromatic nitrogens is 1. The van der Waals surface area contributed by atoms with Gasteiger partial charge in [-0.2, -0.15) is 0 Å². The number of piperidine rings is 1. The highest BCUT2D eigenvalue weighted by molar-refractivity contribution is 5.86. The second kappa shape index (κ2) is 5.99. The van der Waals surface area contributed by atoms with Crippen LogP contribution in [0.1, 0.15) is 43.5 Å². The first-order valence-corrected chi connectivity index (χ1v) is 10.1. The van der Waals surface area contributed by atoms with Crippen molar-refractivity contribution in [2.75, 3.05) is 13.1 Å². The Morgan fingerprint density at radius 1 is 1.04 bits per heavy atom. The zero-order chi connectivity index (χ0) is 17.7. The molecular weight excluding hydrogens is 316 g/mol. The molecule has 3 aromatic rings. The molecule has 0 spiro atoms. The first-order chi connectivity index (χ1) is 12.7. The van der Waals surface area contributed by atoms with Crippen LogP contribution < -0.4 is 0 Å². The van der Waals surface area contributed by atoms with Gasteiger partial charge in [0.1, 0.15) is 0 Å². The van der Waals surface area contributed by atoms with Crippen molar-refractivity contribution in [3.63, 3.8) is 0 Å². The van der Waals surface area contributed by atoms with Gasteiger partial charge in [0, 0.05) is 36.2 Å². The molecule has 2 atom stereocenters. The van der Waals surface area contributed by atoms with Crippen molar-refractivity contribution >= 4 is 10.9 Å². The third kappa shape index (κ3) is 2.35. The molecule has 2 aromatic carbocycles. The van der Waals surface area contributed by atoms with Crippen molar-refractivity contribution in [3.05, 3.63) is 71.4 Å². The van der Waals surface area contributed by atoms with Crippen molar-refractivity contribution in [2.24, 2.45) is 5.92 Å². The number of nitrogens with zero attached hydrogens (tertiary/aromatic N) is 2. The lowest BCUT2D eigenvalue weighted by atomic mass is 9.77. The molecule has 2 nitrogen and oxygen atoms in total. The minimum atomic E-state index is 0.174. The number of rotatable bonds is 2. The summed E-state index contributed by atoms with van der Waals surface area (Å²) >= 11 is 0. The Hall–Kier alpha value is -2.06. The third-order valence-electron chi connectivity index (χ3n) is 6.76. The number of para-hydroxylation sites is 1. The van der Waals surface area contributed by atoms with E-state index in [2.05, 4.69) is 77.9 Å². The molecule has 0 radical (unpaired) electrons. The normalized spacial score (nSPS) is 25.8. The molecule has 0 saturated carbocycles. The highest BCUT2D eigenvalue weighted by Crippen LogP contribution is 2.46. The lowest BCUT2D eigenvalue weighted by Gasteiger charge is -2.50. The first kappa shape index (κ1) is 16.1. The van der Waals surface area contributed by atoms with Crippen molar-refractivity contribution < 1.29 is 0 Å². The summed E-state index contributed by atoms with van der Waals surface area (Å²) in [7, 11) is 0. The lowest BCUT2D eigenvalue weighted by Crippen LogP contribution is -2.54. The number of hydrogen-bond donors (Lipinski definition) is 0. The highest BCUT2D eigenvalue weighted by Gasteiger charge is 2.44. The van der Waals surface area contributed by atoms with Gasteiger partial charge in [0.15, 0.2) is 0 Å². The van der Waals surface area contributed by atoms with Crippen LogP contribution in [0.2, 0.25) is 0 Å². The van der Waals surface area contributed by atoms with E-state index in [1.165, 1.54) is 48.8 Å². The molecule has 2 aliphatic rings. The maximum absolute atomic E-state index is 2.77. The van der Waals surface area contributed by atoms with Crippen LogP contribution in [0.4, 0.5) is 0 Å². The van der Waals surface area contributed by atoms with Crippen molar-refractivity contribution in [1.29, 1.82) is 0 Å². The largest absolute Gasteiger partial charge is 0.338 e. The van der Waals surface area contributed by atoms with E-state index in [0.29, 0.717) is 0 Å². The van der Waals surface area contributed by atoms with Crippen LogP contribution in [0.25, 0.3) is 10.9 Å². The van der Waals surface area contributed by atoms with Gasteiger partial charge >= 0.3 is 0 Å². The SMILES string of the molecule is C[C@H]1CC[C@]2(C)c3c(c4ccccc4n3Cc3ccccc3)CCN2C1. The molecule has 1 aromatic heterocycles. The lowest BCUT2D eigenvalue weighted by molar-refractivity contribution is 0.0195. The summed E-state index contributed by atoms with van der Waals surface area (Å²) in [5, 5.41) is 1.47. The fourth-order valence-corrected chi connectivity index (χ4v) is 5.38. The maximum Gasteiger partial charge on any atom is 0.0588 e. The molecule has 0 amide bonds. The standard InChI is InChI=1S/C24H28N2/c1-18-12-14-24(2)23-21(13-15-25(24)16-18)20-10-6-7-11-22(20)26(23)17-19-8-4-3-5-9-19/h3-11,18H,12-17H2,1-2H3/t18-,24+/m0/s1. The zero-order valence-electron chi connectivity index (χ0n) is 15.9. The van der Waals surface area contributed by atoms with Crippen LogP contribution in [0.3, 0.4) is 0 Å². The second-order valence-electron chi connectivity index (χ2n) is 8.53. The van der Waals surface area contributed by atoms with Crippen LogP contribution in [0, 0.1) is 5.92 Å². The predicted molar refractivity (Wildman–Crippen MR) is 109 cm³/mol. The zero-order valence-corrected chi connectivity index (χ0v) is 15.9. The average Bonchev–Trinajstić information content (AvgIpc) is 2.98. The number of benzene rings is 2. The molecule has 0 unspecified atom stereocenters. The van der Waals surface area contributed by atoms with E-state index in [4.69, 9.17) is 0 Å². The molecule has 1 saturated heterocycles. The molecule has 134 valence electrons. The summed E-state index contributed by atoms with van der Waals surface area (Å²) in [6.07, 6.45) is 3.78. The molecule has 26 heavy (non-hydrogen) atoms. The summed E-state index contributed by atoms with van der Waals surface area (Å²) in [5.41, 5.74) is 6.16. The van der Waals surface area contributed by atoms with E-state index >= 15 is 0 Å². The molecule has 5 rings (SSSR count). The maximum atomic E-state index is 2.77. The van der Waals surface area contributed by atoms with E-state index in [-0.39, 0.29) is 5.54 Å². The third-order valence-corrected chi connectivity index (χ3v) is 6.76. The van der Waals surface area contributed by atoms with Crippen LogP contribution in [-0.2, 0) is 18.5 Å². The minimum absolute atomic E-state index is 0.174. The topological polar surface area (TPSA) is 8.17 Å². The Kier molecular flexibility index (Phi) is 3.72. The molecule has 0 bridgehead atoms. The fourth-order valence-electron chi connectivity index (χ4n) is 5.38. The summed E-state index contributed by atoms with van der Waals surface area (Å²) in [6, 6.07) is 20.0. The Balaban J connectivity index is 1.72. The first-order valence-electron chi connectivity index (χ1n) is 10.1. The van der Waals surface area contributed by atoms with Gasteiger partial charge in [0.2, 0.25) is 0 Å². The average molecular weight is 345 g/mol. The summed E-state index contributed by atoms with van der Waals surface area (Å²) < 4.78 is 2.63. The van der Waals surface area contributed by atoms with Crippen molar-refractivity contribution in [1.82, 2.24) is 9.47 Å². The Morgan fingerprint density at radius 3 is 2.65 bits per heavy atom. The van der Waals surface area contributed by atoms with Crippen molar-refractivity contribution in [2.45, 2.75) is 45.2 Å². The number of hydrogen-bond acceptors (Lipinski definition) is 1. The van der Waals surface area contributed by atoms with Crippen LogP contribution in [-0.4, -0.2) is 22.6 Å². The van der Waals surface area contributed by atoms with Crippen LogP contribution in [0.5, 0.6) is 0 Å². The molecule has 3 heterocycles. The Bertz CT molecular complexity index is 940. The smallest absolute Gasteiger partial charge is 0.0588 e. The second-order valence-corrected chi connectivity index (χ2v) is 8.53. The molecular formula is C24H28N2. The van der Waals surface area contributed by atoms with E-state index < -0.39 is 0 Å². The van der Waals surface area contributed by atoms with Gasteiger partial charge in [-0.05, 0) is 49.3 Å². The fraction of sp³-hybridized carbons (Fsp3) is 0.417. The van der Waals surface area contributed by atoms with Gasteiger partial charge < -0.3 is 4.57 Å². The number of fused-ring (bicyclic) bond motifs is 5. The summed E-state index contributed by atoms with van der Waals surface area (Å²) in [4.78, 5) is 2.77. The molecule has 2 heteroatoms. The van der Waals surface area contributed by atoms with Gasteiger partial charge in [-0.3, -0.25) is 4.90 Å². The van der Waals surface area contributed by atoms with Gasteiger partial charge in [-0.15, -0.1) is 0 Å². The van der Waals surface area contributed by atoms with Gasteiger partial charge in [0.25, 0.3) is 0 Å². The Morgan fingerprint density at radius 2 is 1.81 bits per heavy atom. The molecule has 2 aliphatic heterocycles. The van der Waals surface area contributed by atoms with E-state index in [1.54, 1.807) is 11.3 Å². The summed E-state index contributed by atoms with van der Waals surface area (Å²) in [5.74, 6) is 0.816. The monoisotopic (exact) mass is 344 g/mol. The van der Waals surface area contributed by atoms with Crippen molar-refractivity contribution in [3.8, 4) is 0 Å². The Labute approximate surface area is 156 Å². The highest BCUT2D eigenvalue weighted by atomic mass is 15.2. The van der Waals surface area contributed by atoms with Crippen LogP contribution in [0.15, 0.2) is 54.6 Å². The summed E-state index contributed by atoms with van der Waals surface area (Å²) in [6.45, 7) is 8.32. The van der Waals surface area contributed by atoms with E-state index in [9.17, 15) is 0 Å². The van der Waals surface area contributed by atoms with E-state index in [0.717, 1.165) is 12.5 Å². The predicted octanol–water partition coefficient (Wildman–Crippen LogP) is 5.19. The molecule has 1 fully saturated rings. The van der Waals surface area contributed by atoms with Gasteiger partial charge in [-0.1, -0.05) is 55.5 Å². The van der Waals surface area contributed by atoms with Crippen LogP contribution >= 0.6 is 0 Å². The van der Waals surface area contributed by atoms with Gasteiger partial charge in [-0.25, -0.2) is 0 Å². The molecule has 0 aliphatic carbocycles. The minimum Gasteiger partial charge on any atom is -0.338 e.